The number of imide groups is 1. The van der Waals surface area contributed by atoms with Crippen LogP contribution in [0.5, 0.6) is 0 Å². The van der Waals surface area contributed by atoms with E-state index in [4.69, 9.17) is 5.11 Å². The van der Waals surface area contributed by atoms with Crippen molar-refractivity contribution in [3.63, 3.8) is 0 Å². The Kier molecular flexibility index (Phi) is 5.98. The van der Waals surface area contributed by atoms with Gasteiger partial charge in [0.05, 0.1) is 0 Å². The molecule has 0 aliphatic heterocycles. The highest BCUT2D eigenvalue weighted by Crippen LogP contribution is 2.51. The summed E-state index contributed by atoms with van der Waals surface area (Å²) in [6.07, 6.45) is 3.39. The molecular formula is C14H24N2O4. The largest absolute Gasteiger partial charge is 0.481 e. The van der Waals surface area contributed by atoms with Crippen LogP contribution in [0.4, 0.5) is 4.79 Å². The summed E-state index contributed by atoms with van der Waals surface area (Å²) in [5.74, 6) is -0.705. The first kappa shape index (κ1) is 16.5. The van der Waals surface area contributed by atoms with Gasteiger partial charge in [0.1, 0.15) is 0 Å². The lowest BCUT2D eigenvalue weighted by Gasteiger charge is -2.19. The fourth-order valence-electron chi connectivity index (χ4n) is 2.17. The summed E-state index contributed by atoms with van der Waals surface area (Å²) >= 11 is 0. The summed E-state index contributed by atoms with van der Waals surface area (Å²) in [6, 6.07) is -0.458. The zero-order chi connectivity index (χ0) is 15.2. The SMILES string of the molecule is CC(C)C1(CNC(=O)NC(=O)CCCCC(=O)O)CC1. The number of carboxylic acids is 1. The molecule has 0 aromatic heterocycles. The average Bonchev–Trinajstić information content (AvgIpc) is 3.13. The van der Waals surface area contributed by atoms with Gasteiger partial charge in [-0.3, -0.25) is 14.9 Å². The van der Waals surface area contributed by atoms with E-state index in [1.165, 1.54) is 0 Å². The molecule has 3 amide bonds. The third-order valence-electron chi connectivity index (χ3n) is 4.02. The van der Waals surface area contributed by atoms with Crippen LogP contribution >= 0.6 is 0 Å². The van der Waals surface area contributed by atoms with E-state index in [0.29, 0.717) is 25.3 Å². The topological polar surface area (TPSA) is 95.5 Å². The maximum atomic E-state index is 11.6. The van der Waals surface area contributed by atoms with E-state index in [-0.39, 0.29) is 24.2 Å². The van der Waals surface area contributed by atoms with Gasteiger partial charge in [0, 0.05) is 19.4 Å². The summed E-state index contributed by atoms with van der Waals surface area (Å²) in [6.45, 7) is 4.88. The lowest BCUT2D eigenvalue weighted by Crippen LogP contribution is -2.42. The molecule has 0 atom stereocenters. The summed E-state index contributed by atoms with van der Waals surface area (Å²) in [5.41, 5.74) is 0.210. The number of hydrogen-bond acceptors (Lipinski definition) is 3. The molecule has 6 nitrogen and oxygen atoms in total. The molecule has 1 aliphatic carbocycles. The van der Waals surface area contributed by atoms with Crippen molar-refractivity contribution in [1.29, 1.82) is 0 Å². The van der Waals surface area contributed by atoms with Gasteiger partial charge >= 0.3 is 12.0 Å². The number of nitrogens with one attached hydrogen (secondary N) is 2. The molecule has 114 valence electrons. The van der Waals surface area contributed by atoms with E-state index < -0.39 is 12.0 Å². The molecule has 0 unspecified atom stereocenters. The molecule has 1 fully saturated rings. The highest BCUT2D eigenvalue weighted by atomic mass is 16.4. The molecule has 0 saturated heterocycles. The Balaban J connectivity index is 2.12. The maximum absolute atomic E-state index is 11.6. The number of rotatable bonds is 8. The average molecular weight is 284 g/mol. The van der Waals surface area contributed by atoms with Gasteiger partial charge in [-0.1, -0.05) is 13.8 Å². The van der Waals surface area contributed by atoms with Gasteiger partial charge in [0.15, 0.2) is 0 Å². The summed E-state index contributed by atoms with van der Waals surface area (Å²) in [4.78, 5) is 33.3. The van der Waals surface area contributed by atoms with Crippen LogP contribution in [0, 0.1) is 11.3 Å². The van der Waals surface area contributed by atoms with Crippen LogP contribution in [-0.4, -0.2) is 29.6 Å². The first-order valence-electron chi connectivity index (χ1n) is 7.15. The third kappa shape index (κ3) is 5.59. The maximum Gasteiger partial charge on any atom is 0.321 e. The first-order valence-corrected chi connectivity index (χ1v) is 7.15. The smallest absolute Gasteiger partial charge is 0.321 e. The predicted octanol–water partition coefficient (Wildman–Crippen LogP) is 1.89. The zero-order valence-electron chi connectivity index (χ0n) is 12.2. The minimum Gasteiger partial charge on any atom is -0.481 e. The Labute approximate surface area is 119 Å². The minimum absolute atomic E-state index is 0.0520. The number of urea groups is 1. The van der Waals surface area contributed by atoms with E-state index in [1.54, 1.807) is 0 Å². The Morgan fingerprint density at radius 3 is 2.25 bits per heavy atom. The van der Waals surface area contributed by atoms with Crippen LogP contribution in [0.1, 0.15) is 52.4 Å². The fraction of sp³-hybridized carbons (Fsp3) is 0.786. The molecule has 1 saturated carbocycles. The van der Waals surface area contributed by atoms with Gasteiger partial charge in [0.25, 0.3) is 0 Å². The number of hydrogen-bond donors (Lipinski definition) is 3. The molecule has 0 heterocycles. The van der Waals surface area contributed by atoms with Gasteiger partial charge in [-0.25, -0.2) is 4.79 Å². The lowest BCUT2D eigenvalue weighted by atomic mass is 9.92. The number of carbonyl (C=O) groups excluding carboxylic acids is 2. The standard InChI is InChI=1S/C14H24N2O4/c1-10(2)14(7-8-14)9-15-13(20)16-11(17)5-3-4-6-12(18)19/h10H,3-9H2,1-2H3,(H,18,19)(H2,15,16,17,20). The highest BCUT2D eigenvalue weighted by Gasteiger charge is 2.45. The van der Waals surface area contributed by atoms with Gasteiger partial charge in [-0.05, 0) is 37.0 Å². The predicted molar refractivity (Wildman–Crippen MR) is 74.2 cm³/mol. The van der Waals surface area contributed by atoms with Crippen molar-refractivity contribution in [2.45, 2.75) is 52.4 Å². The minimum atomic E-state index is -0.869. The molecule has 0 bridgehead atoms. The van der Waals surface area contributed by atoms with E-state index in [9.17, 15) is 14.4 Å². The normalized spacial score (nSPS) is 15.8. The molecule has 0 spiro atoms. The van der Waals surface area contributed by atoms with Crippen molar-refractivity contribution in [2.24, 2.45) is 11.3 Å². The molecule has 20 heavy (non-hydrogen) atoms. The Morgan fingerprint density at radius 1 is 1.15 bits per heavy atom. The van der Waals surface area contributed by atoms with Crippen molar-refractivity contribution in [3.05, 3.63) is 0 Å². The van der Waals surface area contributed by atoms with Crippen LogP contribution in [0.15, 0.2) is 0 Å². The summed E-state index contributed by atoms with van der Waals surface area (Å²) in [7, 11) is 0. The van der Waals surface area contributed by atoms with Crippen molar-refractivity contribution in [2.75, 3.05) is 6.54 Å². The highest BCUT2D eigenvalue weighted by molar-refractivity contribution is 5.94. The van der Waals surface area contributed by atoms with Gasteiger partial charge < -0.3 is 10.4 Å². The number of unbranched alkanes of at least 4 members (excludes halogenated alkanes) is 1. The lowest BCUT2D eigenvalue weighted by molar-refractivity contribution is -0.137. The van der Waals surface area contributed by atoms with Crippen LogP contribution in [-0.2, 0) is 9.59 Å². The second-order valence-corrected chi connectivity index (χ2v) is 5.85. The van der Waals surface area contributed by atoms with Crippen LogP contribution in [0.25, 0.3) is 0 Å². The van der Waals surface area contributed by atoms with Crippen molar-refractivity contribution >= 4 is 17.9 Å². The Morgan fingerprint density at radius 2 is 1.75 bits per heavy atom. The molecule has 0 radical (unpaired) electrons. The fourth-order valence-corrected chi connectivity index (χ4v) is 2.17. The van der Waals surface area contributed by atoms with Crippen molar-refractivity contribution in [3.8, 4) is 0 Å². The van der Waals surface area contributed by atoms with Crippen LogP contribution < -0.4 is 10.6 Å². The molecule has 3 N–H and O–H groups in total. The summed E-state index contributed by atoms with van der Waals surface area (Å²) < 4.78 is 0. The second kappa shape index (κ2) is 7.26. The first-order chi connectivity index (χ1) is 9.35. The number of carbonyl (C=O) groups is 3. The van der Waals surface area contributed by atoms with E-state index in [2.05, 4.69) is 24.5 Å². The molecule has 0 aromatic carbocycles. The van der Waals surface area contributed by atoms with Gasteiger partial charge in [-0.15, -0.1) is 0 Å². The number of amides is 3. The van der Waals surface area contributed by atoms with E-state index in [1.807, 2.05) is 0 Å². The molecule has 0 aromatic rings. The van der Waals surface area contributed by atoms with E-state index in [0.717, 1.165) is 12.8 Å². The van der Waals surface area contributed by atoms with Crippen LogP contribution in [0.3, 0.4) is 0 Å². The molecule has 1 aliphatic rings. The van der Waals surface area contributed by atoms with Crippen molar-refractivity contribution in [1.82, 2.24) is 10.6 Å². The van der Waals surface area contributed by atoms with Crippen LogP contribution in [0.2, 0.25) is 0 Å². The number of aliphatic carboxylic acids is 1. The van der Waals surface area contributed by atoms with Gasteiger partial charge in [0.2, 0.25) is 5.91 Å². The number of carboxylic acid groups (broad SMARTS) is 1. The monoisotopic (exact) mass is 284 g/mol. The van der Waals surface area contributed by atoms with Gasteiger partial charge in [-0.2, -0.15) is 0 Å². The van der Waals surface area contributed by atoms with Crippen molar-refractivity contribution < 1.29 is 19.5 Å². The Bertz CT molecular complexity index is 375. The quantitative estimate of drug-likeness (QED) is 0.593. The summed E-state index contributed by atoms with van der Waals surface area (Å²) in [5, 5.41) is 13.5. The molecular weight excluding hydrogens is 260 g/mol. The third-order valence-corrected chi connectivity index (χ3v) is 4.02. The zero-order valence-corrected chi connectivity index (χ0v) is 12.2. The van der Waals surface area contributed by atoms with E-state index >= 15 is 0 Å². The molecule has 6 heteroatoms. The second-order valence-electron chi connectivity index (χ2n) is 5.85. The Hall–Kier alpha value is -1.59. The molecule has 1 rings (SSSR count).